The molecule has 2 aromatic rings. The number of hydrogen-bond donors (Lipinski definition) is 1. The van der Waals surface area contributed by atoms with E-state index in [4.69, 9.17) is 4.98 Å². The van der Waals surface area contributed by atoms with E-state index in [2.05, 4.69) is 41.2 Å². The molecule has 1 fully saturated rings. The maximum absolute atomic E-state index is 12.9. The van der Waals surface area contributed by atoms with Crippen molar-refractivity contribution in [2.45, 2.75) is 64.1 Å². The molecule has 1 saturated carbocycles. The molecule has 1 aliphatic heterocycles. The zero-order valence-electron chi connectivity index (χ0n) is 16.9. The molecule has 1 aromatic carbocycles. The molecule has 1 aromatic heterocycles. The Morgan fingerprint density at radius 2 is 1.93 bits per heavy atom. The maximum atomic E-state index is 12.9. The average molecular weight is 380 g/mol. The Morgan fingerprint density at radius 3 is 2.61 bits per heavy atom. The standard InChI is InChI=1S/C22H29N5O/c1-4-18-21(28)26(3)19-14-23-22(24-15(2)16-10-6-5-7-11-16)25-20(19)27(18)17-12-8-9-13-17/h5-7,10-11,14-15,17-18H,4,8-9,12-13H2,1-3H3,(H,23,24,25). The largest absolute Gasteiger partial charge is 0.348 e. The van der Waals surface area contributed by atoms with E-state index in [0.29, 0.717) is 12.0 Å². The van der Waals surface area contributed by atoms with Crippen LogP contribution in [0.25, 0.3) is 0 Å². The van der Waals surface area contributed by atoms with Crippen molar-refractivity contribution in [2.75, 3.05) is 22.2 Å². The summed E-state index contributed by atoms with van der Waals surface area (Å²) >= 11 is 0. The normalized spacial score (nSPS) is 21.0. The molecule has 2 aliphatic rings. The molecule has 0 radical (unpaired) electrons. The van der Waals surface area contributed by atoms with Gasteiger partial charge in [-0.3, -0.25) is 4.79 Å². The van der Waals surface area contributed by atoms with Gasteiger partial charge in [0.2, 0.25) is 11.9 Å². The van der Waals surface area contributed by atoms with Gasteiger partial charge in [-0.15, -0.1) is 0 Å². The van der Waals surface area contributed by atoms with Crippen LogP contribution < -0.4 is 15.1 Å². The van der Waals surface area contributed by atoms with E-state index in [-0.39, 0.29) is 18.0 Å². The molecule has 0 bridgehead atoms. The van der Waals surface area contributed by atoms with Gasteiger partial charge in [-0.25, -0.2) is 4.98 Å². The predicted molar refractivity (Wildman–Crippen MR) is 113 cm³/mol. The summed E-state index contributed by atoms with van der Waals surface area (Å²) in [6.45, 7) is 4.19. The summed E-state index contributed by atoms with van der Waals surface area (Å²) in [6, 6.07) is 10.6. The molecule has 4 rings (SSSR count). The number of rotatable bonds is 5. The summed E-state index contributed by atoms with van der Waals surface area (Å²) in [5, 5.41) is 3.43. The maximum Gasteiger partial charge on any atom is 0.249 e. The van der Waals surface area contributed by atoms with E-state index >= 15 is 0 Å². The van der Waals surface area contributed by atoms with Crippen LogP contribution in [0.4, 0.5) is 17.5 Å². The Balaban J connectivity index is 1.68. The van der Waals surface area contributed by atoms with E-state index in [1.807, 2.05) is 25.2 Å². The first-order chi connectivity index (χ1) is 13.6. The quantitative estimate of drug-likeness (QED) is 0.845. The molecule has 2 unspecified atom stereocenters. The van der Waals surface area contributed by atoms with Crippen LogP contribution in [-0.2, 0) is 4.79 Å². The molecule has 0 spiro atoms. The number of likely N-dealkylation sites (N-methyl/N-ethyl adjacent to an activating group) is 1. The molecule has 2 atom stereocenters. The third-order valence-corrected chi connectivity index (χ3v) is 6.06. The summed E-state index contributed by atoms with van der Waals surface area (Å²) in [5.41, 5.74) is 2.00. The van der Waals surface area contributed by atoms with Crippen LogP contribution in [0.5, 0.6) is 0 Å². The molecule has 28 heavy (non-hydrogen) atoms. The smallest absolute Gasteiger partial charge is 0.249 e. The van der Waals surface area contributed by atoms with Crippen molar-refractivity contribution in [1.29, 1.82) is 0 Å². The van der Waals surface area contributed by atoms with Gasteiger partial charge in [0, 0.05) is 13.1 Å². The molecule has 1 aliphatic carbocycles. The van der Waals surface area contributed by atoms with Gasteiger partial charge in [-0.05, 0) is 31.7 Å². The van der Waals surface area contributed by atoms with Crippen molar-refractivity contribution in [2.24, 2.45) is 0 Å². The highest BCUT2D eigenvalue weighted by atomic mass is 16.2. The van der Waals surface area contributed by atoms with Gasteiger partial charge in [-0.1, -0.05) is 50.1 Å². The second-order valence-electron chi connectivity index (χ2n) is 7.85. The molecule has 148 valence electrons. The van der Waals surface area contributed by atoms with Crippen LogP contribution >= 0.6 is 0 Å². The van der Waals surface area contributed by atoms with E-state index in [1.165, 1.54) is 18.4 Å². The number of nitrogens with zero attached hydrogens (tertiary/aromatic N) is 4. The Bertz CT molecular complexity index is 834. The molecular weight excluding hydrogens is 350 g/mol. The Hall–Kier alpha value is -2.63. The zero-order valence-corrected chi connectivity index (χ0v) is 16.9. The summed E-state index contributed by atoms with van der Waals surface area (Å²) in [5.74, 6) is 1.64. The third kappa shape index (κ3) is 3.32. The lowest BCUT2D eigenvalue weighted by atomic mass is 10.0. The van der Waals surface area contributed by atoms with Crippen molar-refractivity contribution in [1.82, 2.24) is 9.97 Å². The summed E-state index contributed by atoms with van der Waals surface area (Å²) in [7, 11) is 1.83. The van der Waals surface area contributed by atoms with Gasteiger partial charge in [-0.2, -0.15) is 4.98 Å². The number of anilines is 3. The second-order valence-corrected chi connectivity index (χ2v) is 7.85. The number of aromatic nitrogens is 2. The zero-order chi connectivity index (χ0) is 19.7. The lowest BCUT2D eigenvalue weighted by Crippen LogP contribution is -2.55. The first-order valence-corrected chi connectivity index (χ1v) is 10.3. The van der Waals surface area contributed by atoms with Crippen molar-refractivity contribution in [3.8, 4) is 0 Å². The minimum absolute atomic E-state index is 0.101. The number of hydrogen-bond acceptors (Lipinski definition) is 5. The van der Waals surface area contributed by atoms with Gasteiger partial charge < -0.3 is 15.1 Å². The van der Waals surface area contributed by atoms with E-state index < -0.39 is 0 Å². The second kappa shape index (κ2) is 7.78. The number of nitrogens with one attached hydrogen (secondary N) is 1. The molecule has 1 N–H and O–H groups in total. The van der Waals surface area contributed by atoms with Crippen molar-refractivity contribution < 1.29 is 4.79 Å². The first-order valence-electron chi connectivity index (χ1n) is 10.3. The summed E-state index contributed by atoms with van der Waals surface area (Å²) < 4.78 is 0. The third-order valence-electron chi connectivity index (χ3n) is 6.06. The molecule has 2 heterocycles. The Labute approximate surface area is 167 Å². The van der Waals surface area contributed by atoms with Crippen LogP contribution in [0, 0.1) is 0 Å². The SMILES string of the molecule is CCC1C(=O)N(C)c2cnc(NC(C)c3ccccc3)nc2N1C1CCCC1. The highest BCUT2D eigenvalue weighted by Crippen LogP contribution is 2.39. The number of carbonyl (C=O) groups excluding carboxylic acids is 1. The van der Waals surface area contributed by atoms with Crippen LogP contribution in [0.2, 0.25) is 0 Å². The number of amides is 1. The van der Waals surface area contributed by atoms with Crippen molar-refractivity contribution >= 4 is 23.4 Å². The highest BCUT2D eigenvalue weighted by Gasteiger charge is 2.41. The van der Waals surface area contributed by atoms with Gasteiger partial charge in [0.25, 0.3) is 0 Å². The van der Waals surface area contributed by atoms with E-state index in [1.54, 1.807) is 11.1 Å². The molecule has 1 amide bonds. The minimum Gasteiger partial charge on any atom is -0.348 e. The monoisotopic (exact) mass is 379 g/mol. The van der Waals surface area contributed by atoms with Crippen molar-refractivity contribution in [3.05, 3.63) is 42.1 Å². The van der Waals surface area contributed by atoms with Gasteiger partial charge >= 0.3 is 0 Å². The van der Waals surface area contributed by atoms with Crippen LogP contribution in [0.1, 0.15) is 57.6 Å². The topological polar surface area (TPSA) is 61.4 Å². The van der Waals surface area contributed by atoms with Gasteiger partial charge in [0.15, 0.2) is 5.82 Å². The fraction of sp³-hybridized carbons (Fsp3) is 0.500. The molecule has 6 nitrogen and oxygen atoms in total. The minimum atomic E-state index is -0.144. The lowest BCUT2D eigenvalue weighted by Gasteiger charge is -2.43. The van der Waals surface area contributed by atoms with Gasteiger partial charge in [0.05, 0.1) is 12.2 Å². The molecule has 6 heteroatoms. The average Bonchev–Trinajstić information content (AvgIpc) is 3.25. The van der Waals surface area contributed by atoms with Crippen LogP contribution in [0.3, 0.4) is 0 Å². The predicted octanol–water partition coefficient (Wildman–Crippen LogP) is 4.15. The summed E-state index contributed by atoms with van der Waals surface area (Å²) in [6.07, 6.45) is 7.26. The highest BCUT2D eigenvalue weighted by molar-refractivity contribution is 6.04. The fourth-order valence-corrected chi connectivity index (χ4v) is 4.47. The Kier molecular flexibility index (Phi) is 5.20. The molecular formula is C22H29N5O. The van der Waals surface area contributed by atoms with Crippen LogP contribution in [-0.4, -0.2) is 35.0 Å². The lowest BCUT2D eigenvalue weighted by molar-refractivity contribution is -0.120. The van der Waals surface area contributed by atoms with Crippen molar-refractivity contribution in [3.63, 3.8) is 0 Å². The number of benzene rings is 1. The summed E-state index contributed by atoms with van der Waals surface area (Å²) in [4.78, 5) is 26.4. The van der Waals surface area contributed by atoms with Gasteiger partial charge in [0.1, 0.15) is 11.7 Å². The fourth-order valence-electron chi connectivity index (χ4n) is 4.47. The molecule has 0 saturated heterocycles. The number of fused-ring (bicyclic) bond motifs is 1. The van der Waals surface area contributed by atoms with E-state index in [0.717, 1.165) is 30.8 Å². The Morgan fingerprint density at radius 1 is 1.21 bits per heavy atom. The van der Waals surface area contributed by atoms with Crippen LogP contribution in [0.15, 0.2) is 36.5 Å². The van der Waals surface area contributed by atoms with E-state index in [9.17, 15) is 4.79 Å². The first kappa shape index (κ1) is 18.7. The number of carbonyl (C=O) groups is 1.